The van der Waals surface area contributed by atoms with Gasteiger partial charge in [0.05, 0.1) is 0 Å². The summed E-state index contributed by atoms with van der Waals surface area (Å²) in [4.78, 5) is 0. The van der Waals surface area contributed by atoms with Crippen molar-refractivity contribution in [3.05, 3.63) is 47.0 Å². The van der Waals surface area contributed by atoms with Crippen LogP contribution in [0.3, 0.4) is 0 Å². The van der Waals surface area contributed by atoms with E-state index in [1.165, 1.54) is 36.8 Å². The molecule has 0 unspecified atom stereocenters. The van der Waals surface area contributed by atoms with Crippen LogP contribution in [0.25, 0.3) is 0 Å². The summed E-state index contributed by atoms with van der Waals surface area (Å²) in [6.07, 6.45) is 8.70. The molecule has 0 N–H and O–H groups in total. The van der Waals surface area contributed by atoms with E-state index in [1.807, 2.05) is 0 Å². The summed E-state index contributed by atoms with van der Waals surface area (Å²) >= 11 is 0. The van der Waals surface area contributed by atoms with Gasteiger partial charge in [-0.2, -0.15) is 0 Å². The maximum absolute atomic E-state index is 2.31. The Kier molecular flexibility index (Phi) is 6.78. The molecule has 0 amide bonds. The van der Waals surface area contributed by atoms with Gasteiger partial charge in [-0.1, -0.05) is 69.5 Å². The maximum Gasteiger partial charge on any atom is -0.00644 e. The summed E-state index contributed by atoms with van der Waals surface area (Å²) in [6.45, 7) is 9.01. The highest BCUT2D eigenvalue weighted by molar-refractivity contribution is 5.33. The lowest BCUT2D eigenvalue weighted by molar-refractivity contribution is 0.702. The number of hydrogen-bond donors (Lipinski definition) is 0. The molecule has 0 nitrogen and oxygen atoms in total. The second-order valence-corrected chi connectivity index (χ2v) is 5.43. The average Bonchev–Trinajstić information content (AvgIpc) is 2.38. The molecule has 1 aromatic rings. The van der Waals surface area contributed by atoms with Crippen molar-refractivity contribution < 1.29 is 0 Å². The Labute approximate surface area is 113 Å². The molecular weight excluding hydrogens is 216 g/mol. The molecule has 0 atom stereocenters. The Morgan fingerprint density at radius 1 is 1.17 bits per heavy atom. The van der Waals surface area contributed by atoms with Crippen LogP contribution in [0.15, 0.2) is 35.9 Å². The van der Waals surface area contributed by atoms with E-state index in [-0.39, 0.29) is 0 Å². The molecule has 0 fully saturated rings. The van der Waals surface area contributed by atoms with Crippen molar-refractivity contribution in [3.63, 3.8) is 0 Å². The second kappa shape index (κ2) is 8.13. The SMILES string of the molecule is CC=C(CCCCC)Cc1ccccc1C(C)C. The molecule has 0 aromatic heterocycles. The van der Waals surface area contributed by atoms with Crippen molar-refractivity contribution >= 4 is 0 Å². The normalized spacial score (nSPS) is 12.2. The van der Waals surface area contributed by atoms with Gasteiger partial charge in [-0.25, -0.2) is 0 Å². The average molecular weight is 244 g/mol. The minimum Gasteiger partial charge on any atom is -0.0881 e. The van der Waals surface area contributed by atoms with Gasteiger partial charge in [0.25, 0.3) is 0 Å². The number of unbranched alkanes of at least 4 members (excludes halogenated alkanes) is 2. The van der Waals surface area contributed by atoms with Gasteiger partial charge in [-0.3, -0.25) is 0 Å². The molecule has 0 aliphatic carbocycles. The molecule has 0 aliphatic heterocycles. The fraction of sp³-hybridized carbons (Fsp3) is 0.556. The predicted octanol–water partition coefficient (Wildman–Crippen LogP) is 5.88. The summed E-state index contributed by atoms with van der Waals surface area (Å²) in [5.41, 5.74) is 4.61. The first-order chi connectivity index (χ1) is 8.69. The summed E-state index contributed by atoms with van der Waals surface area (Å²) in [5, 5.41) is 0. The highest BCUT2D eigenvalue weighted by Crippen LogP contribution is 2.23. The Balaban J connectivity index is 2.70. The van der Waals surface area contributed by atoms with Crippen LogP contribution >= 0.6 is 0 Å². The lowest BCUT2D eigenvalue weighted by Crippen LogP contribution is -1.98. The van der Waals surface area contributed by atoms with E-state index < -0.39 is 0 Å². The van der Waals surface area contributed by atoms with E-state index >= 15 is 0 Å². The van der Waals surface area contributed by atoms with Gasteiger partial charge < -0.3 is 0 Å². The lowest BCUT2D eigenvalue weighted by atomic mass is 9.91. The maximum atomic E-state index is 2.31. The number of benzene rings is 1. The second-order valence-electron chi connectivity index (χ2n) is 5.43. The predicted molar refractivity (Wildman–Crippen MR) is 82.1 cm³/mol. The summed E-state index contributed by atoms with van der Waals surface area (Å²) in [5.74, 6) is 0.620. The Hall–Kier alpha value is -1.04. The molecule has 0 saturated heterocycles. The number of rotatable bonds is 7. The molecule has 0 aliphatic rings. The zero-order valence-electron chi connectivity index (χ0n) is 12.5. The van der Waals surface area contributed by atoms with E-state index in [1.54, 1.807) is 5.57 Å². The van der Waals surface area contributed by atoms with Crippen molar-refractivity contribution in [1.82, 2.24) is 0 Å². The molecule has 0 spiro atoms. The topological polar surface area (TPSA) is 0 Å². The lowest BCUT2D eigenvalue weighted by Gasteiger charge is -2.14. The number of hydrogen-bond acceptors (Lipinski definition) is 0. The molecule has 0 saturated carbocycles. The number of allylic oxidation sites excluding steroid dienone is 2. The van der Waals surface area contributed by atoms with Crippen LogP contribution in [0, 0.1) is 0 Å². The zero-order valence-corrected chi connectivity index (χ0v) is 12.5. The van der Waals surface area contributed by atoms with Crippen LogP contribution in [0.4, 0.5) is 0 Å². The van der Waals surface area contributed by atoms with Gasteiger partial charge in [-0.05, 0) is 43.2 Å². The highest BCUT2D eigenvalue weighted by Gasteiger charge is 2.07. The molecule has 1 aromatic carbocycles. The van der Waals surface area contributed by atoms with Crippen LogP contribution < -0.4 is 0 Å². The summed E-state index contributed by atoms with van der Waals surface area (Å²) < 4.78 is 0. The monoisotopic (exact) mass is 244 g/mol. The molecule has 0 heterocycles. The molecule has 0 heteroatoms. The fourth-order valence-corrected chi connectivity index (χ4v) is 2.44. The van der Waals surface area contributed by atoms with Crippen LogP contribution in [0.2, 0.25) is 0 Å². The van der Waals surface area contributed by atoms with Crippen LogP contribution in [-0.4, -0.2) is 0 Å². The molecular formula is C18H28. The van der Waals surface area contributed by atoms with Crippen LogP contribution in [0.1, 0.15) is 70.4 Å². The molecule has 0 bridgehead atoms. The van der Waals surface area contributed by atoms with Crippen LogP contribution in [0.5, 0.6) is 0 Å². The first-order valence-corrected chi connectivity index (χ1v) is 7.40. The van der Waals surface area contributed by atoms with Crippen molar-refractivity contribution in [1.29, 1.82) is 0 Å². The summed E-state index contributed by atoms with van der Waals surface area (Å²) in [6, 6.07) is 8.89. The third kappa shape index (κ3) is 4.68. The Morgan fingerprint density at radius 2 is 1.89 bits per heavy atom. The van der Waals surface area contributed by atoms with Gasteiger partial charge in [0.2, 0.25) is 0 Å². The summed E-state index contributed by atoms with van der Waals surface area (Å²) in [7, 11) is 0. The molecule has 0 radical (unpaired) electrons. The van der Waals surface area contributed by atoms with Gasteiger partial charge in [0.1, 0.15) is 0 Å². The van der Waals surface area contributed by atoms with Crippen molar-refractivity contribution in [3.8, 4) is 0 Å². The van der Waals surface area contributed by atoms with Gasteiger partial charge in [0.15, 0.2) is 0 Å². The Morgan fingerprint density at radius 3 is 2.50 bits per heavy atom. The smallest absolute Gasteiger partial charge is 0.00644 e. The minimum absolute atomic E-state index is 0.620. The van der Waals surface area contributed by atoms with Crippen LogP contribution in [-0.2, 0) is 6.42 Å². The standard InChI is InChI=1S/C18H28/c1-5-7-8-11-16(6-2)14-17-12-9-10-13-18(17)15(3)4/h6,9-10,12-13,15H,5,7-8,11,14H2,1-4H3. The third-order valence-electron chi connectivity index (χ3n) is 3.60. The van der Waals surface area contributed by atoms with E-state index in [0.29, 0.717) is 5.92 Å². The van der Waals surface area contributed by atoms with E-state index in [9.17, 15) is 0 Å². The molecule has 18 heavy (non-hydrogen) atoms. The van der Waals surface area contributed by atoms with Gasteiger partial charge in [0, 0.05) is 0 Å². The molecule has 1 rings (SSSR count). The van der Waals surface area contributed by atoms with E-state index in [4.69, 9.17) is 0 Å². The fourth-order valence-electron chi connectivity index (χ4n) is 2.44. The zero-order chi connectivity index (χ0) is 13.4. The first kappa shape index (κ1) is 15.0. The largest absolute Gasteiger partial charge is 0.0881 e. The Bertz CT molecular complexity index is 371. The van der Waals surface area contributed by atoms with Crippen molar-refractivity contribution in [2.24, 2.45) is 0 Å². The minimum atomic E-state index is 0.620. The quantitative estimate of drug-likeness (QED) is 0.415. The highest BCUT2D eigenvalue weighted by atomic mass is 14.1. The first-order valence-electron chi connectivity index (χ1n) is 7.40. The van der Waals surface area contributed by atoms with E-state index in [0.717, 1.165) is 6.42 Å². The van der Waals surface area contributed by atoms with Crippen molar-refractivity contribution in [2.45, 2.75) is 65.7 Å². The van der Waals surface area contributed by atoms with Crippen molar-refractivity contribution in [2.75, 3.05) is 0 Å². The third-order valence-corrected chi connectivity index (χ3v) is 3.60. The van der Waals surface area contributed by atoms with Gasteiger partial charge in [-0.15, -0.1) is 0 Å². The molecule has 100 valence electrons. The van der Waals surface area contributed by atoms with E-state index in [2.05, 4.69) is 58.0 Å². The van der Waals surface area contributed by atoms with Gasteiger partial charge >= 0.3 is 0 Å².